The Balaban J connectivity index is 1.06. The predicted octanol–water partition coefficient (Wildman–Crippen LogP) is 4.74. The van der Waals surface area contributed by atoms with Crippen LogP contribution in [0, 0.1) is 0 Å². The van der Waals surface area contributed by atoms with E-state index in [0.29, 0.717) is 10.9 Å². The van der Waals surface area contributed by atoms with Crippen molar-refractivity contribution in [2.75, 3.05) is 12.8 Å². The van der Waals surface area contributed by atoms with Crippen LogP contribution in [0.1, 0.15) is 27.8 Å². The average Bonchev–Trinajstić information content (AvgIpc) is 3.34. The highest BCUT2D eigenvalue weighted by Crippen LogP contribution is 2.22. The maximum absolute atomic E-state index is 11.6. The third-order valence-corrected chi connectivity index (χ3v) is 8.12. The first-order chi connectivity index (χ1) is 17.9. The number of sulfone groups is 1. The lowest BCUT2D eigenvalue weighted by molar-refractivity contribution is 0.533. The molecule has 0 amide bonds. The van der Waals surface area contributed by atoms with E-state index in [1.807, 2.05) is 18.3 Å². The summed E-state index contributed by atoms with van der Waals surface area (Å²) >= 11 is 0. The van der Waals surface area contributed by atoms with Crippen molar-refractivity contribution in [2.45, 2.75) is 43.3 Å². The van der Waals surface area contributed by atoms with E-state index in [2.05, 4.69) is 76.3 Å². The standard InChI is InChI=1S/C31H33N3O2S/c1-37(35,36)30-13-8-23(9-14-30)16-17-32-20-25-10-15-31(34-22-25)26-11-6-24(7-12-26)21-33-29-18-27-4-2-3-5-28(27)19-29/h2-15,22,29,32-33H,16-21H2,1H3. The Morgan fingerprint density at radius 3 is 2.05 bits per heavy atom. The third-order valence-electron chi connectivity index (χ3n) is 6.99. The Morgan fingerprint density at radius 2 is 1.43 bits per heavy atom. The Hall–Kier alpha value is -3.32. The first-order valence-corrected chi connectivity index (χ1v) is 14.7. The zero-order valence-electron chi connectivity index (χ0n) is 21.2. The molecule has 0 fully saturated rings. The van der Waals surface area contributed by atoms with E-state index in [1.165, 1.54) is 22.9 Å². The second-order valence-corrected chi connectivity index (χ2v) is 11.9. The van der Waals surface area contributed by atoms with E-state index in [9.17, 15) is 8.42 Å². The van der Waals surface area contributed by atoms with Gasteiger partial charge in [0.05, 0.1) is 10.6 Å². The number of hydrogen-bond donors (Lipinski definition) is 2. The van der Waals surface area contributed by atoms with Gasteiger partial charge in [-0.15, -0.1) is 0 Å². The van der Waals surface area contributed by atoms with Crippen LogP contribution in [0.3, 0.4) is 0 Å². The lowest BCUT2D eigenvalue weighted by Gasteiger charge is -2.12. The Kier molecular flexibility index (Phi) is 7.79. The van der Waals surface area contributed by atoms with E-state index < -0.39 is 9.84 Å². The highest BCUT2D eigenvalue weighted by molar-refractivity contribution is 7.90. The van der Waals surface area contributed by atoms with Crippen molar-refractivity contribution in [2.24, 2.45) is 0 Å². The minimum Gasteiger partial charge on any atom is -0.312 e. The largest absolute Gasteiger partial charge is 0.312 e. The smallest absolute Gasteiger partial charge is 0.175 e. The van der Waals surface area contributed by atoms with Gasteiger partial charge in [0.1, 0.15) is 0 Å². The third kappa shape index (κ3) is 6.72. The van der Waals surface area contributed by atoms with Crippen LogP contribution >= 0.6 is 0 Å². The molecule has 1 aromatic heterocycles. The van der Waals surface area contributed by atoms with Crippen molar-refractivity contribution in [3.8, 4) is 11.3 Å². The van der Waals surface area contributed by atoms with Crippen LogP contribution in [0.15, 0.2) is 96.0 Å². The summed E-state index contributed by atoms with van der Waals surface area (Å²) in [6.45, 7) is 2.42. The molecule has 3 aromatic carbocycles. The van der Waals surface area contributed by atoms with Crippen LogP contribution in [0.25, 0.3) is 11.3 Å². The van der Waals surface area contributed by atoms with Gasteiger partial charge in [-0.05, 0) is 71.8 Å². The van der Waals surface area contributed by atoms with Crippen molar-refractivity contribution < 1.29 is 8.42 Å². The molecule has 37 heavy (non-hydrogen) atoms. The van der Waals surface area contributed by atoms with E-state index in [-0.39, 0.29) is 0 Å². The Morgan fingerprint density at radius 1 is 0.784 bits per heavy atom. The highest BCUT2D eigenvalue weighted by atomic mass is 32.2. The molecule has 1 aliphatic carbocycles. The van der Waals surface area contributed by atoms with Crippen molar-refractivity contribution in [3.63, 3.8) is 0 Å². The van der Waals surface area contributed by atoms with E-state index >= 15 is 0 Å². The van der Waals surface area contributed by atoms with Crippen LogP contribution < -0.4 is 10.6 Å². The van der Waals surface area contributed by atoms with Crippen LogP contribution in [-0.2, 0) is 42.2 Å². The summed E-state index contributed by atoms with van der Waals surface area (Å²) in [5, 5.41) is 7.15. The quantitative estimate of drug-likeness (QED) is 0.301. The van der Waals surface area contributed by atoms with Gasteiger partial charge in [0, 0.05) is 37.1 Å². The molecule has 2 N–H and O–H groups in total. The molecule has 5 nitrogen and oxygen atoms in total. The van der Waals surface area contributed by atoms with Gasteiger partial charge in [0.15, 0.2) is 9.84 Å². The van der Waals surface area contributed by atoms with Crippen LogP contribution in [0.4, 0.5) is 0 Å². The van der Waals surface area contributed by atoms with Gasteiger partial charge in [-0.3, -0.25) is 4.98 Å². The lowest BCUT2D eigenvalue weighted by atomic mass is 10.1. The topological polar surface area (TPSA) is 71.1 Å². The van der Waals surface area contributed by atoms with Gasteiger partial charge in [-0.1, -0.05) is 66.7 Å². The molecule has 6 heteroatoms. The zero-order valence-corrected chi connectivity index (χ0v) is 22.0. The minimum atomic E-state index is -3.15. The normalized spacial score (nSPS) is 13.5. The summed E-state index contributed by atoms with van der Waals surface area (Å²) in [5.41, 5.74) is 8.57. The summed E-state index contributed by atoms with van der Waals surface area (Å²) in [7, 11) is -3.15. The number of nitrogens with one attached hydrogen (secondary N) is 2. The first kappa shape index (κ1) is 25.3. The molecule has 0 radical (unpaired) electrons. The molecule has 0 saturated heterocycles. The fourth-order valence-electron chi connectivity index (χ4n) is 4.83. The van der Waals surface area contributed by atoms with Crippen LogP contribution in [0.5, 0.6) is 0 Å². The summed E-state index contributed by atoms with van der Waals surface area (Å²) in [5.74, 6) is 0. The molecule has 0 spiro atoms. The average molecular weight is 512 g/mol. The molecule has 1 heterocycles. The van der Waals surface area contributed by atoms with Crippen molar-refractivity contribution in [1.82, 2.24) is 15.6 Å². The molecule has 0 bridgehead atoms. The van der Waals surface area contributed by atoms with Crippen molar-refractivity contribution >= 4 is 9.84 Å². The molecular weight excluding hydrogens is 478 g/mol. The number of nitrogens with zero attached hydrogens (tertiary/aromatic N) is 1. The fraction of sp³-hybridized carbons (Fsp3) is 0.258. The molecule has 1 aliphatic rings. The summed E-state index contributed by atoms with van der Waals surface area (Å²) in [6, 6.07) is 29.2. The number of pyridine rings is 1. The van der Waals surface area contributed by atoms with Gasteiger partial charge in [-0.2, -0.15) is 0 Å². The number of rotatable bonds is 10. The van der Waals surface area contributed by atoms with Gasteiger partial charge >= 0.3 is 0 Å². The highest BCUT2D eigenvalue weighted by Gasteiger charge is 2.20. The molecule has 0 unspecified atom stereocenters. The number of hydrogen-bond acceptors (Lipinski definition) is 5. The van der Waals surface area contributed by atoms with E-state index in [1.54, 1.807) is 12.1 Å². The van der Waals surface area contributed by atoms with Gasteiger partial charge < -0.3 is 10.6 Å². The molecule has 5 rings (SSSR count). The molecule has 190 valence electrons. The van der Waals surface area contributed by atoms with Crippen LogP contribution in [0.2, 0.25) is 0 Å². The second-order valence-electron chi connectivity index (χ2n) is 9.85. The lowest BCUT2D eigenvalue weighted by Crippen LogP contribution is -2.28. The first-order valence-electron chi connectivity index (χ1n) is 12.8. The summed E-state index contributed by atoms with van der Waals surface area (Å²) in [6.07, 6.45) is 6.21. The van der Waals surface area contributed by atoms with Gasteiger partial charge in [0.2, 0.25) is 0 Å². The molecule has 0 saturated carbocycles. The molecule has 0 atom stereocenters. The van der Waals surface area contributed by atoms with Gasteiger partial charge in [-0.25, -0.2) is 8.42 Å². The number of aromatic nitrogens is 1. The minimum absolute atomic E-state index is 0.358. The van der Waals surface area contributed by atoms with E-state index in [4.69, 9.17) is 0 Å². The Labute approximate surface area is 219 Å². The molecule has 4 aromatic rings. The number of fused-ring (bicyclic) bond motifs is 1. The second kappa shape index (κ2) is 11.4. The summed E-state index contributed by atoms with van der Waals surface area (Å²) < 4.78 is 23.1. The molecular formula is C31H33N3O2S. The zero-order chi connectivity index (χ0) is 25.7. The Bertz CT molecular complexity index is 1410. The van der Waals surface area contributed by atoms with Crippen molar-refractivity contribution in [3.05, 3.63) is 119 Å². The van der Waals surface area contributed by atoms with E-state index in [0.717, 1.165) is 61.3 Å². The van der Waals surface area contributed by atoms with Crippen LogP contribution in [-0.4, -0.2) is 32.2 Å². The monoisotopic (exact) mass is 511 g/mol. The summed E-state index contributed by atoms with van der Waals surface area (Å²) in [4.78, 5) is 5.03. The number of benzene rings is 3. The molecule has 0 aliphatic heterocycles. The maximum atomic E-state index is 11.6. The van der Waals surface area contributed by atoms with Crippen molar-refractivity contribution in [1.29, 1.82) is 0 Å². The maximum Gasteiger partial charge on any atom is 0.175 e. The fourth-order valence-corrected chi connectivity index (χ4v) is 5.46. The van der Waals surface area contributed by atoms with Gasteiger partial charge in [0.25, 0.3) is 0 Å². The predicted molar refractivity (Wildman–Crippen MR) is 149 cm³/mol. The SMILES string of the molecule is CS(=O)(=O)c1ccc(CCNCc2ccc(-c3ccc(CNC4Cc5ccccc5C4)cc3)nc2)cc1.